The van der Waals surface area contributed by atoms with Crippen LogP contribution in [0.1, 0.15) is 49.3 Å². The van der Waals surface area contributed by atoms with Crippen LogP contribution in [0.25, 0.3) is 0 Å². The highest BCUT2D eigenvalue weighted by Gasteiger charge is 2.36. The summed E-state index contributed by atoms with van der Waals surface area (Å²) < 4.78 is 5.49. The standard InChI is InChI=1S/C18H28N2O/c1-13-7-8-18(21-2)15(11-13)16(19)12-20-10-9-14-5-3-4-6-17(14)20/h7-8,11,14,16-17H,3-6,9-10,12,19H2,1-2H3. The highest BCUT2D eigenvalue weighted by molar-refractivity contribution is 5.39. The molecule has 3 atom stereocenters. The molecule has 2 aliphatic rings. The second kappa shape index (κ2) is 6.37. The molecule has 21 heavy (non-hydrogen) atoms. The summed E-state index contributed by atoms with van der Waals surface area (Å²) in [6.07, 6.45) is 6.96. The molecule has 1 saturated carbocycles. The van der Waals surface area contributed by atoms with E-state index in [1.807, 2.05) is 6.07 Å². The third-order valence-electron chi connectivity index (χ3n) is 5.34. The maximum atomic E-state index is 6.52. The van der Waals surface area contributed by atoms with Crippen LogP contribution < -0.4 is 10.5 Å². The largest absolute Gasteiger partial charge is 0.496 e. The summed E-state index contributed by atoms with van der Waals surface area (Å²) in [5.41, 5.74) is 8.92. The normalized spacial score (nSPS) is 27.4. The van der Waals surface area contributed by atoms with Crippen LogP contribution in [-0.4, -0.2) is 31.1 Å². The fourth-order valence-corrected chi connectivity index (χ4v) is 4.22. The minimum absolute atomic E-state index is 0.0422. The summed E-state index contributed by atoms with van der Waals surface area (Å²) in [4.78, 5) is 2.64. The summed E-state index contributed by atoms with van der Waals surface area (Å²) in [6, 6.07) is 7.12. The van der Waals surface area contributed by atoms with Gasteiger partial charge in [0.15, 0.2) is 0 Å². The van der Waals surface area contributed by atoms with Gasteiger partial charge in [-0.3, -0.25) is 4.90 Å². The van der Waals surface area contributed by atoms with E-state index >= 15 is 0 Å². The number of benzene rings is 1. The number of nitrogens with two attached hydrogens (primary N) is 1. The molecule has 0 bridgehead atoms. The molecule has 116 valence electrons. The Morgan fingerprint density at radius 1 is 1.29 bits per heavy atom. The van der Waals surface area contributed by atoms with Gasteiger partial charge in [-0.2, -0.15) is 0 Å². The molecule has 1 aliphatic carbocycles. The maximum absolute atomic E-state index is 6.52. The van der Waals surface area contributed by atoms with Crippen molar-refractivity contribution in [2.24, 2.45) is 11.7 Å². The molecule has 1 aliphatic heterocycles. The Labute approximate surface area is 128 Å². The summed E-state index contributed by atoms with van der Waals surface area (Å²) in [6.45, 7) is 4.29. The Morgan fingerprint density at radius 3 is 2.90 bits per heavy atom. The quantitative estimate of drug-likeness (QED) is 0.924. The Balaban J connectivity index is 1.71. The molecule has 1 aromatic rings. The minimum Gasteiger partial charge on any atom is -0.496 e. The second-order valence-corrected chi connectivity index (χ2v) is 6.75. The van der Waals surface area contributed by atoms with Gasteiger partial charge in [0, 0.05) is 24.2 Å². The molecule has 3 heteroatoms. The first kappa shape index (κ1) is 14.9. The van der Waals surface area contributed by atoms with Crippen molar-refractivity contribution in [1.29, 1.82) is 0 Å². The second-order valence-electron chi connectivity index (χ2n) is 6.75. The number of nitrogens with zero attached hydrogens (tertiary/aromatic N) is 1. The highest BCUT2D eigenvalue weighted by Crippen LogP contribution is 2.37. The zero-order valence-electron chi connectivity index (χ0n) is 13.3. The lowest BCUT2D eigenvalue weighted by Gasteiger charge is -2.33. The smallest absolute Gasteiger partial charge is 0.123 e. The topological polar surface area (TPSA) is 38.5 Å². The first-order chi connectivity index (χ1) is 10.2. The predicted molar refractivity (Wildman–Crippen MR) is 86.6 cm³/mol. The molecule has 0 radical (unpaired) electrons. The molecule has 0 spiro atoms. The number of ether oxygens (including phenoxy) is 1. The number of methoxy groups -OCH3 is 1. The fourth-order valence-electron chi connectivity index (χ4n) is 4.22. The van der Waals surface area contributed by atoms with Crippen molar-refractivity contribution in [3.05, 3.63) is 29.3 Å². The lowest BCUT2D eigenvalue weighted by Crippen LogP contribution is -2.39. The molecule has 1 heterocycles. The van der Waals surface area contributed by atoms with E-state index in [1.54, 1.807) is 7.11 Å². The van der Waals surface area contributed by atoms with Crippen molar-refractivity contribution in [1.82, 2.24) is 4.90 Å². The molecule has 0 aromatic heterocycles. The lowest BCUT2D eigenvalue weighted by molar-refractivity contribution is 0.173. The Morgan fingerprint density at radius 2 is 2.10 bits per heavy atom. The van der Waals surface area contributed by atoms with Gasteiger partial charge < -0.3 is 10.5 Å². The molecule has 1 saturated heterocycles. The third kappa shape index (κ3) is 3.09. The predicted octanol–water partition coefficient (Wildman–Crippen LogP) is 3.27. The summed E-state index contributed by atoms with van der Waals surface area (Å²) in [7, 11) is 1.73. The van der Waals surface area contributed by atoms with E-state index in [9.17, 15) is 0 Å². The SMILES string of the molecule is COc1ccc(C)cc1C(N)CN1CCC2CCCCC21. The lowest BCUT2D eigenvalue weighted by atomic mass is 9.85. The number of hydrogen-bond donors (Lipinski definition) is 1. The Kier molecular flexibility index (Phi) is 4.51. The van der Waals surface area contributed by atoms with Crippen LogP contribution in [0.2, 0.25) is 0 Å². The van der Waals surface area contributed by atoms with Gasteiger partial charge in [-0.25, -0.2) is 0 Å². The molecule has 3 nitrogen and oxygen atoms in total. The zero-order chi connectivity index (χ0) is 14.8. The first-order valence-electron chi connectivity index (χ1n) is 8.33. The number of hydrogen-bond acceptors (Lipinski definition) is 3. The van der Waals surface area contributed by atoms with Crippen LogP contribution in [0.5, 0.6) is 5.75 Å². The van der Waals surface area contributed by atoms with Crippen LogP contribution in [0, 0.1) is 12.8 Å². The van der Waals surface area contributed by atoms with E-state index in [4.69, 9.17) is 10.5 Å². The first-order valence-corrected chi connectivity index (χ1v) is 8.33. The van der Waals surface area contributed by atoms with Gasteiger partial charge in [-0.05, 0) is 44.7 Å². The molecular weight excluding hydrogens is 260 g/mol. The van der Waals surface area contributed by atoms with Crippen molar-refractivity contribution in [2.75, 3.05) is 20.2 Å². The van der Waals surface area contributed by atoms with Crippen molar-refractivity contribution in [2.45, 2.75) is 51.1 Å². The van der Waals surface area contributed by atoms with Crippen molar-refractivity contribution in [3.8, 4) is 5.75 Å². The van der Waals surface area contributed by atoms with E-state index < -0.39 is 0 Å². The van der Waals surface area contributed by atoms with Gasteiger partial charge in [-0.1, -0.05) is 30.5 Å². The molecule has 2 fully saturated rings. The Hall–Kier alpha value is -1.06. The highest BCUT2D eigenvalue weighted by atomic mass is 16.5. The monoisotopic (exact) mass is 288 g/mol. The summed E-state index contributed by atoms with van der Waals surface area (Å²) >= 11 is 0. The van der Waals surface area contributed by atoms with Gasteiger partial charge in [-0.15, -0.1) is 0 Å². The summed E-state index contributed by atoms with van der Waals surface area (Å²) in [5.74, 6) is 1.85. The number of rotatable bonds is 4. The maximum Gasteiger partial charge on any atom is 0.123 e. The minimum atomic E-state index is 0.0422. The van der Waals surface area contributed by atoms with E-state index in [-0.39, 0.29) is 6.04 Å². The zero-order valence-corrected chi connectivity index (χ0v) is 13.3. The van der Waals surface area contributed by atoms with Crippen molar-refractivity contribution < 1.29 is 4.74 Å². The fraction of sp³-hybridized carbons (Fsp3) is 0.667. The van der Waals surface area contributed by atoms with Gasteiger partial charge in [0.25, 0.3) is 0 Å². The van der Waals surface area contributed by atoms with Crippen LogP contribution in [0.15, 0.2) is 18.2 Å². The van der Waals surface area contributed by atoms with Crippen LogP contribution in [-0.2, 0) is 0 Å². The van der Waals surface area contributed by atoms with E-state index in [2.05, 4.69) is 24.0 Å². The average molecular weight is 288 g/mol. The van der Waals surface area contributed by atoms with Gasteiger partial charge in [0.1, 0.15) is 5.75 Å². The van der Waals surface area contributed by atoms with Crippen molar-refractivity contribution >= 4 is 0 Å². The number of likely N-dealkylation sites (tertiary alicyclic amines) is 1. The third-order valence-corrected chi connectivity index (χ3v) is 5.34. The Bertz CT molecular complexity index is 488. The van der Waals surface area contributed by atoms with E-state index in [1.165, 1.54) is 44.2 Å². The van der Waals surface area contributed by atoms with Gasteiger partial charge in [0.05, 0.1) is 7.11 Å². The van der Waals surface area contributed by atoms with E-state index in [0.717, 1.165) is 29.8 Å². The molecule has 3 rings (SSSR count). The molecule has 1 aromatic carbocycles. The van der Waals surface area contributed by atoms with Crippen LogP contribution in [0.4, 0.5) is 0 Å². The van der Waals surface area contributed by atoms with Gasteiger partial charge in [0.2, 0.25) is 0 Å². The molecule has 2 N–H and O–H groups in total. The van der Waals surface area contributed by atoms with Crippen LogP contribution in [0.3, 0.4) is 0 Å². The molecule has 3 unspecified atom stereocenters. The van der Waals surface area contributed by atoms with Crippen molar-refractivity contribution in [3.63, 3.8) is 0 Å². The molecular formula is C18H28N2O. The van der Waals surface area contributed by atoms with Gasteiger partial charge >= 0.3 is 0 Å². The van der Waals surface area contributed by atoms with E-state index in [0.29, 0.717) is 0 Å². The molecule has 0 amide bonds. The number of fused-ring (bicyclic) bond motifs is 1. The number of aryl methyl sites for hydroxylation is 1. The average Bonchev–Trinajstić information content (AvgIpc) is 2.90. The summed E-state index contributed by atoms with van der Waals surface area (Å²) in [5, 5.41) is 0. The van der Waals surface area contributed by atoms with Crippen LogP contribution >= 0.6 is 0 Å².